The molecule has 0 spiro atoms. The van der Waals surface area contributed by atoms with Crippen molar-refractivity contribution in [1.82, 2.24) is 0 Å². The Balaban J connectivity index is 2.83. The van der Waals surface area contributed by atoms with E-state index >= 15 is 0 Å². The zero-order valence-electron chi connectivity index (χ0n) is 10.1. The minimum absolute atomic E-state index is 0.0976. The summed E-state index contributed by atoms with van der Waals surface area (Å²) in [5, 5.41) is 0.426. The van der Waals surface area contributed by atoms with Crippen LogP contribution >= 0.6 is 11.6 Å². The smallest absolute Gasteiger partial charge is 0.346 e. The molecule has 0 bridgehead atoms. The van der Waals surface area contributed by atoms with Gasteiger partial charge in [-0.1, -0.05) is 17.7 Å². The van der Waals surface area contributed by atoms with Crippen molar-refractivity contribution in [1.29, 1.82) is 0 Å². The van der Waals surface area contributed by atoms with Gasteiger partial charge in [0.05, 0.1) is 12.1 Å². The second kappa shape index (κ2) is 5.89. The average Bonchev–Trinajstić information content (AvgIpc) is 2.30. The molecule has 0 saturated heterocycles. The monoisotopic (exact) mass is 257 g/mol. The van der Waals surface area contributed by atoms with Crippen LogP contribution in [0.3, 0.4) is 0 Å². The van der Waals surface area contributed by atoms with E-state index in [4.69, 9.17) is 22.1 Å². The molecule has 2 atom stereocenters. The van der Waals surface area contributed by atoms with Gasteiger partial charge < -0.3 is 15.2 Å². The predicted molar refractivity (Wildman–Crippen MR) is 66.2 cm³/mol. The number of halogens is 1. The second-order valence-electron chi connectivity index (χ2n) is 3.76. The first-order valence-electron chi connectivity index (χ1n) is 5.25. The van der Waals surface area contributed by atoms with Gasteiger partial charge in [-0.3, -0.25) is 0 Å². The van der Waals surface area contributed by atoms with Crippen molar-refractivity contribution in [2.45, 2.75) is 26.0 Å². The Kier molecular flexibility index (Phi) is 4.78. The molecule has 1 rings (SSSR count). The van der Waals surface area contributed by atoms with Gasteiger partial charge in [0.2, 0.25) is 0 Å². The zero-order valence-corrected chi connectivity index (χ0v) is 10.8. The van der Waals surface area contributed by atoms with Crippen LogP contribution in [0.15, 0.2) is 18.2 Å². The van der Waals surface area contributed by atoms with Gasteiger partial charge in [-0.25, -0.2) is 4.79 Å². The lowest BCUT2D eigenvalue weighted by Gasteiger charge is -2.15. The first-order chi connectivity index (χ1) is 7.95. The van der Waals surface area contributed by atoms with Crippen LogP contribution < -0.4 is 10.5 Å². The summed E-state index contributed by atoms with van der Waals surface area (Å²) in [5.74, 6) is -0.00805. The molecule has 2 unspecified atom stereocenters. The highest BCUT2D eigenvalue weighted by Gasteiger charge is 2.16. The largest absolute Gasteiger partial charge is 0.477 e. The van der Waals surface area contributed by atoms with E-state index in [1.807, 2.05) is 13.0 Å². The quantitative estimate of drug-likeness (QED) is 0.841. The molecule has 0 radical (unpaired) electrons. The summed E-state index contributed by atoms with van der Waals surface area (Å²) in [4.78, 5) is 11.2. The number of rotatable bonds is 4. The Morgan fingerprint density at radius 2 is 2.06 bits per heavy atom. The predicted octanol–water partition coefficient (Wildman–Crippen LogP) is 2.30. The molecule has 0 saturated carbocycles. The van der Waals surface area contributed by atoms with Crippen LogP contribution in [0.25, 0.3) is 0 Å². The molecule has 0 aromatic heterocycles. The van der Waals surface area contributed by atoms with E-state index in [1.165, 1.54) is 7.11 Å². The van der Waals surface area contributed by atoms with E-state index in [0.29, 0.717) is 10.8 Å². The third-order valence-electron chi connectivity index (χ3n) is 2.32. The van der Waals surface area contributed by atoms with Crippen molar-refractivity contribution in [3.05, 3.63) is 28.8 Å². The molecule has 0 aliphatic rings. The Bertz CT molecular complexity index is 407. The number of ether oxygens (including phenoxy) is 2. The number of nitrogens with two attached hydrogens (primary N) is 1. The second-order valence-corrected chi connectivity index (χ2v) is 4.17. The molecule has 1 aromatic carbocycles. The van der Waals surface area contributed by atoms with Crippen LogP contribution in [0.1, 0.15) is 25.5 Å². The number of benzene rings is 1. The number of methoxy groups -OCH3 is 1. The number of esters is 1. The maximum atomic E-state index is 11.2. The highest BCUT2D eigenvalue weighted by molar-refractivity contribution is 6.32. The maximum absolute atomic E-state index is 11.2. The van der Waals surface area contributed by atoms with Crippen LogP contribution in [-0.4, -0.2) is 19.2 Å². The van der Waals surface area contributed by atoms with Crippen molar-refractivity contribution in [2.75, 3.05) is 7.11 Å². The normalized spacial score (nSPS) is 13.9. The molecule has 94 valence electrons. The number of hydrogen-bond acceptors (Lipinski definition) is 4. The van der Waals surface area contributed by atoms with Crippen molar-refractivity contribution in [3.63, 3.8) is 0 Å². The van der Waals surface area contributed by atoms with Gasteiger partial charge >= 0.3 is 5.97 Å². The van der Waals surface area contributed by atoms with Gasteiger partial charge in [-0.05, 0) is 31.5 Å². The van der Waals surface area contributed by atoms with Crippen molar-refractivity contribution >= 4 is 17.6 Å². The van der Waals surface area contributed by atoms with Crippen LogP contribution in [-0.2, 0) is 9.53 Å². The Hall–Kier alpha value is -1.26. The molecular weight excluding hydrogens is 242 g/mol. The maximum Gasteiger partial charge on any atom is 0.346 e. The minimum atomic E-state index is -0.696. The summed E-state index contributed by atoms with van der Waals surface area (Å²) < 4.78 is 9.94. The third kappa shape index (κ3) is 3.61. The van der Waals surface area contributed by atoms with E-state index in [2.05, 4.69) is 4.74 Å². The number of hydrogen-bond donors (Lipinski definition) is 1. The summed E-state index contributed by atoms with van der Waals surface area (Å²) in [7, 11) is 1.31. The Labute approximate surface area is 106 Å². The first-order valence-corrected chi connectivity index (χ1v) is 5.63. The lowest BCUT2D eigenvalue weighted by atomic mass is 10.1. The summed E-state index contributed by atoms with van der Waals surface area (Å²) in [5.41, 5.74) is 6.64. The standard InChI is InChI=1S/C12H16ClNO3/c1-7(14)9-4-5-11(10(13)6-9)17-8(2)12(15)16-3/h4-8H,14H2,1-3H3. The van der Waals surface area contributed by atoms with Crippen molar-refractivity contribution in [2.24, 2.45) is 5.73 Å². The third-order valence-corrected chi connectivity index (χ3v) is 2.61. The van der Waals surface area contributed by atoms with E-state index in [1.54, 1.807) is 19.1 Å². The van der Waals surface area contributed by atoms with Gasteiger partial charge in [0.1, 0.15) is 5.75 Å². The van der Waals surface area contributed by atoms with Crippen LogP contribution in [0.5, 0.6) is 5.75 Å². The fraction of sp³-hybridized carbons (Fsp3) is 0.417. The summed E-state index contributed by atoms with van der Waals surface area (Å²) in [6, 6.07) is 5.14. The van der Waals surface area contributed by atoms with Crippen molar-refractivity contribution in [3.8, 4) is 5.75 Å². The Morgan fingerprint density at radius 1 is 1.41 bits per heavy atom. The first kappa shape index (κ1) is 13.8. The molecule has 0 heterocycles. The lowest BCUT2D eigenvalue weighted by Crippen LogP contribution is -2.25. The zero-order chi connectivity index (χ0) is 13.0. The number of carbonyl (C=O) groups excluding carboxylic acids is 1. The summed E-state index contributed by atoms with van der Waals surface area (Å²) in [6.45, 7) is 3.46. The number of carbonyl (C=O) groups is 1. The van der Waals surface area contributed by atoms with Gasteiger partial charge in [-0.15, -0.1) is 0 Å². The van der Waals surface area contributed by atoms with Gasteiger partial charge in [-0.2, -0.15) is 0 Å². The SMILES string of the molecule is COC(=O)C(C)Oc1ccc(C(C)N)cc1Cl. The fourth-order valence-corrected chi connectivity index (χ4v) is 1.53. The van der Waals surface area contributed by atoms with Crippen LogP contribution in [0, 0.1) is 0 Å². The van der Waals surface area contributed by atoms with E-state index < -0.39 is 12.1 Å². The van der Waals surface area contributed by atoms with Crippen molar-refractivity contribution < 1.29 is 14.3 Å². The molecule has 1 aromatic rings. The molecule has 4 nitrogen and oxygen atoms in total. The lowest BCUT2D eigenvalue weighted by molar-refractivity contribution is -0.147. The van der Waals surface area contributed by atoms with Crippen LogP contribution in [0.2, 0.25) is 5.02 Å². The molecule has 0 aliphatic heterocycles. The molecule has 0 aliphatic carbocycles. The fourth-order valence-electron chi connectivity index (χ4n) is 1.30. The van der Waals surface area contributed by atoms with Gasteiger partial charge in [0.15, 0.2) is 6.10 Å². The van der Waals surface area contributed by atoms with E-state index in [9.17, 15) is 4.79 Å². The topological polar surface area (TPSA) is 61.5 Å². The summed E-state index contributed by atoms with van der Waals surface area (Å²) >= 11 is 6.03. The highest BCUT2D eigenvalue weighted by Crippen LogP contribution is 2.28. The minimum Gasteiger partial charge on any atom is -0.477 e. The van der Waals surface area contributed by atoms with Crippen LogP contribution in [0.4, 0.5) is 0 Å². The van der Waals surface area contributed by atoms with E-state index in [0.717, 1.165) is 5.56 Å². The molecule has 5 heteroatoms. The molecule has 2 N–H and O–H groups in total. The molecule has 0 fully saturated rings. The Morgan fingerprint density at radius 3 is 2.53 bits per heavy atom. The van der Waals surface area contributed by atoms with Gasteiger partial charge in [0, 0.05) is 6.04 Å². The summed E-state index contributed by atoms with van der Waals surface area (Å²) in [6.07, 6.45) is -0.696. The molecule has 0 amide bonds. The molecular formula is C12H16ClNO3. The van der Waals surface area contributed by atoms with E-state index in [-0.39, 0.29) is 6.04 Å². The highest BCUT2D eigenvalue weighted by atomic mass is 35.5. The average molecular weight is 258 g/mol. The van der Waals surface area contributed by atoms with Gasteiger partial charge in [0.25, 0.3) is 0 Å². The molecule has 17 heavy (non-hydrogen) atoms.